The molecule has 1 atom stereocenters. The summed E-state index contributed by atoms with van der Waals surface area (Å²) in [6.07, 6.45) is 2.05. The normalized spacial score (nSPS) is 18.5. The van der Waals surface area contributed by atoms with Crippen molar-refractivity contribution in [3.05, 3.63) is 49.9 Å². The fraction of sp³-hybridized carbons (Fsp3) is 0.474. The molecule has 0 amide bonds. The number of thiazole rings is 1. The molecule has 2 heterocycles. The highest BCUT2D eigenvalue weighted by atomic mass is 35.5. The Bertz CT molecular complexity index is 774. The molecule has 2 aromatic rings. The van der Waals surface area contributed by atoms with Gasteiger partial charge in [-0.05, 0) is 49.6 Å². The molecule has 1 saturated heterocycles. The average Bonchev–Trinajstić information content (AvgIpc) is 2.98. The number of piperazine rings is 1. The van der Waals surface area contributed by atoms with E-state index in [4.69, 9.17) is 11.6 Å². The van der Waals surface area contributed by atoms with Crippen molar-refractivity contribution in [2.45, 2.75) is 39.8 Å². The third kappa shape index (κ3) is 4.67. The largest absolute Gasteiger partial charge is 0.312 e. The van der Waals surface area contributed by atoms with Crippen molar-refractivity contribution < 1.29 is 4.79 Å². The van der Waals surface area contributed by atoms with Crippen LogP contribution >= 0.6 is 22.9 Å². The van der Waals surface area contributed by atoms with Gasteiger partial charge in [-0.25, -0.2) is 4.98 Å². The number of benzene rings is 1. The van der Waals surface area contributed by atoms with Gasteiger partial charge in [0.15, 0.2) is 5.78 Å². The number of Topliss-reactive ketones (excluding diaryl/α,β-unsaturated/α-hetero) is 1. The summed E-state index contributed by atoms with van der Waals surface area (Å²) in [6, 6.07) is 4.46. The van der Waals surface area contributed by atoms with Crippen LogP contribution in [0.5, 0.6) is 0 Å². The quantitative estimate of drug-likeness (QED) is 0.808. The maximum Gasteiger partial charge on any atom is 0.178 e. The van der Waals surface area contributed by atoms with Crippen molar-refractivity contribution >= 4 is 28.7 Å². The van der Waals surface area contributed by atoms with Crippen molar-refractivity contribution in [3.63, 3.8) is 0 Å². The molecule has 1 aliphatic heterocycles. The number of rotatable bonds is 5. The molecule has 0 aliphatic carbocycles. The van der Waals surface area contributed by atoms with E-state index in [-0.39, 0.29) is 5.78 Å². The lowest BCUT2D eigenvalue weighted by Crippen LogP contribution is -2.48. The number of ketones is 1. The number of hydrogen-bond donors (Lipinski definition) is 1. The number of nitrogens with zero attached hydrogens (tertiary/aromatic N) is 2. The smallest absolute Gasteiger partial charge is 0.178 e. The van der Waals surface area contributed by atoms with Crippen molar-refractivity contribution in [2.75, 3.05) is 19.6 Å². The van der Waals surface area contributed by atoms with Gasteiger partial charge in [0.25, 0.3) is 0 Å². The Labute approximate surface area is 158 Å². The van der Waals surface area contributed by atoms with Gasteiger partial charge >= 0.3 is 0 Å². The van der Waals surface area contributed by atoms with Crippen LogP contribution in [0.25, 0.3) is 0 Å². The first-order valence-electron chi connectivity index (χ1n) is 8.61. The summed E-state index contributed by atoms with van der Waals surface area (Å²) < 4.78 is 0. The summed E-state index contributed by atoms with van der Waals surface area (Å²) in [5.74, 6) is 0.109. The Hall–Kier alpha value is -1.27. The zero-order valence-electron chi connectivity index (χ0n) is 14.9. The lowest BCUT2D eigenvalue weighted by atomic mass is 9.97. The van der Waals surface area contributed by atoms with Crippen molar-refractivity contribution in [1.29, 1.82) is 0 Å². The predicted molar refractivity (Wildman–Crippen MR) is 104 cm³/mol. The van der Waals surface area contributed by atoms with E-state index in [2.05, 4.69) is 29.0 Å². The molecule has 0 saturated carbocycles. The summed E-state index contributed by atoms with van der Waals surface area (Å²) in [7, 11) is 0. The van der Waals surface area contributed by atoms with Gasteiger partial charge in [0.05, 0.1) is 9.88 Å². The van der Waals surface area contributed by atoms with Crippen LogP contribution in [0, 0.1) is 13.8 Å². The monoisotopic (exact) mass is 377 g/mol. The van der Waals surface area contributed by atoms with E-state index >= 15 is 0 Å². The fourth-order valence-corrected chi connectivity index (χ4v) is 4.27. The van der Waals surface area contributed by atoms with E-state index in [9.17, 15) is 4.79 Å². The number of carbonyl (C=O) groups is 1. The standard InChI is InChI=1S/C19H24ClN3OS/c1-12-10-23(5-4-21-12)11-16-7-17(20)6-15(13(16)2)8-18(24)19-9-22-14(3)25-19/h6-7,9,12,21H,4-5,8,10-11H2,1-3H3/t12-/m0/s1. The molecule has 134 valence electrons. The van der Waals surface area contributed by atoms with E-state index in [0.717, 1.165) is 36.8 Å². The molecule has 6 heteroatoms. The van der Waals surface area contributed by atoms with Gasteiger partial charge < -0.3 is 5.32 Å². The van der Waals surface area contributed by atoms with Crippen molar-refractivity contribution in [2.24, 2.45) is 0 Å². The Kier molecular flexibility index (Phi) is 5.89. The third-order valence-corrected chi connectivity index (χ3v) is 5.85. The molecule has 1 aliphatic rings. The second-order valence-corrected chi connectivity index (χ2v) is 8.45. The number of aryl methyl sites for hydroxylation is 1. The van der Waals surface area contributed by atoms with Gasteiger partial charge in [-0.1, -0.05) is 11.6 Å². The first-order valence-corrected chi connectivity index (χ1v) is 9.81. The summed E-state index contributed by atoms with van der Waals surface area (Å²) in [5, 5.41) is 5.08. The number of halogens is 1. The molecule has 1 fully saturated rings. The lowest BCUT2D eigenvalue weighted by Gasteiger charge is -2.32. The van der Waals surface area contributed by atoms with Gasteiger partial charge in [0, 0.05) is 49.9 Å². The van der Waals surface area contributed by atoms with Crippen LogP contribution in [0.15, 0.2) is 18.3 Å². The Morgan fingerprint density at radius 3 is 2.84 bits per heavy atom. The molecule has 1 N–H and O–H groups in total. The number of aromatic nitrogens is 1. The fourth-order valence-electron chi connectivity index (χ4n) is 3.29. The van der Waals surface area contributed by atoms with Gasteiger partial charge in [-0.15, -0.1) is 11.3 Å². The van der Waals surface area contributed by atoms with Gasteiger partial charge in [-0.2, -0.15) is 0 Å². The second kappa shape index (κ2) is 7.96. The van der Waals surface area contributed by atoms with Gasteiger partial charge in [0.1, 0.15) is 0 Å². The van der Waals surface area contributed by atoms with E-state index < -0.39 is 0 Å². The highest BCUT2D eigenvalue weighted by Gasteiger charge is 2.19. The number of nitrogens with one attached hydrogen (secondary N) is 1. The molecule has 0 radical (unpaired) electrons. The molecule has 25 heavy (non-hydrogen) atoms. The minimum Gasteiger partial charge on any atom is -0.312 e. The summed E-state index contributed by atoms with van der Waals surface area (Å²) in [5.41, 5.74) is 3.40. The first kappa shape index (κ1) is 18.5. The molecule has 4 nitrogen and oxygen atoms in total. The first-order chi connectivity index (χ1) is 11.9. The van der Waals surface area contributed by atoms with Crippen LogP contribution < -0.4 is 5.32 Å². The maximum atomic E-state index is 12.5. The summed E-state index contributed by atoms with van der Waals surface area (Å²) >= 11 is 7.80. The highest BCUT2D eigenvalue weighted by molar-refractivity contribution is 7.13. The Balaban J connectivity index is 1.78. The van der Waals surface area contributed by atoms with Crippen LogP contribution in [0.4, 0.5) is 0 Å². The second-order valence-electron chi connectivity index (χ2n) is 6.78. The Morgan fingerprint density at radius 2 is 2.16 bits per heavy atom. The molecular weight excluding hydrogens is 354 g/mol. The van der Waals surface area contributed by atoms with Crippen molar-refractivity contribution in [3.8, 4) is 0 Å². The van der Waals surface area contributed by atoms with Crippen LogP contribution in [0.1, 0.15) is 38.3 Å². The lowest BCUT2D eigenvalue weighted by molar-refractivity contribution is 0.0996. The zero-order valence-corrected chi connectivity index (χ0v) is 16.5. The van der Waals surface area contributed by atoms with Crippen molar-refractivity contribution in [1.82, 2.24) is 15.2 Å². The third-order valence-electron chi connectivity index (χ3n) is 4.68. The van der Waals surface area contributed by atoms with E-state index in [1.54, 1.807) is 6.20 Å². The molecular formula is C19H24ClN3OS. The average molecular weight is 378 g/mol. The zero-order chi connectivity index (χ0) is 18.0. The molecule has 0 spiro atoms. The number of carbonyl (C=O) groups excluding carboxylic acids is 1. The van der Waals surface area contributed by atoms with E-state index in [1.165, 1.54) is 22.5 Å². The molecule has 0 unspecified atom stereocenters. The predicted octanol–water partition coefficient (Wildman–Crippen LogP) is 3.63. The van der Waals surface area contributed by atoms with Crippen LogP contribution in [0.2, 0.25) is 5.02 Å². The van der Waals surface area contributed by atoms with Crippen LogP contribution in [-0.4, -0.2) is 41.3 Å². The molecule has 1 aromatic carbocycles. The van der Waals surface area contributed by atoms with Crippen LogP contribution in [-0.2, 0) is 13.0 Å². The minimum absolute atomic E-state index is 0.109. The molecule has 0 bridgehead atoms. The summed E-state index contributed by atoms with van der Waals surface area (Å²) in [4.78, 5) is 19.9. The van der Waals surface area contributed by atoms with Crippen LogP contribution in [0.3, 0.4) is 0 Å². The molecule has 1 aromatic heterocycles. The number of hydrogen-bond acceptors (Lipinski definition) is 5. The van der Waals surface area contributed by atoms with Gasteiger partial charge in [-0.3, -0.25) is 9.69 Å². The molecule has 3 rings (SSSR count). The minimum atomic E-state index is 0.109. The highest BCUT2D eigenvalue weighted by Crippen LogP contribution is 2.24. The maximum absolute atomic E-state index is 12.5. The van der Waals surface area contributed by atoms with E-state index in [1.807, 2.05) is 19.1 Å². The van der Waals surface area contributed by atoms with Gasteiger partial charge in [0.2, 0.25) is 0 Å². The SMILES string of the molecule is Cc1ncc(C(=O)Cc2cc(Cl)cc(CN3CCN[C@@H](C)C3)c2C)s1. The Morgan fingerprint density at radius 1 is 1.40 bits per heavy atom. The van der Waals surface area contributed by atoms with E-state index in [0.29, 0.717) is 22.4 Å². The topological polar surface area (TPSA) is 45.2 Å². The summed E-state index contributed by atoms with van der Waals surface area (Å²) in [6.45, 7) is 10.2.